The van der Waals surface area contributed by atoms with Crippen LogP contribution in [0.4, 0.5) is 0 Å². The number of carbonyl (C=O) groups is 2. The lowest BCUT2D eigenvalue weighted by atomic mass is 9.60. The van der Waals surface area contributed by atoms with Crippen LogP contribution in [-0.4, -0.2) is 11.6 Å². The molecule has 0 amide bonds. The monoisotopic (exact) mass is 300 g/mol. The summed E-state index contributed by atoms with van der Waals surface area (Å²) in [6, 6.07) is 0. The number of ketones is 2. The van der Waals surface area contributed by atoms with Gasteiger partial charge in [0.1, 0.15) is 11.6 Å². The topological polar surface area (TPSA) is 34.1 Å². The third-order valence-electron chi connectivity index (χ3n) is 8.15. The Morgan fingerprint density at radius 3 is 1.55 bits per heavy atom. The molecule has 5 aliphatic carbocycles. The van der Waals surface area contributed by atoms with Crippen molar-refractivity contribution in [2.24, 2.45) is 40.9 Å². The van der Waals surface area contributed by atoms with Crippen molar-refractivity contribution in [2.75, 3.05) is 0 Å². The molecule has 0 saturated heterocycles. The molecule has 2 nitrogen and oxygen atoms in total. The zero-order chi connectivity index (χ0) is 14.9. The first-order valence-electron chi connectivity index (χ1n) is 9.74. The Labute approximate surface area is 133 Å². The molecule has 0 radical (unpaired) electrons. The van der Waals surface area contributed by atoms with Crippen LogP contribution < -0.4 is 0 Å². The molecule has 0 aliphatic heterocycles. The summed E-state index contributed by atoms with van der Waals surface area (Å²) < 4.78 is 0. The van der Waals surface area contributed by atoms with Crippen LogP contribution in [0.25, 0.3) is 0 Å². The van der Waals surface area contributed by atoms with E-state index in [2.05, 4.69) is 0 Å². The van der Waals surface area contributed by atoms with Crippen LogP contribution in [0.3, 0.4) is 0 Å². The van der Waals surface area contributed by atoms with Gasteiger partial charge in [0, 0.05) is 12.8 Å². The van der Waals surface area contributed by atoms with Crippen LogP contribution in [0.1, 0.15) is 70.6 Å². The van der Waals surface area contributed by atoms with Gasteiger partial charge in [0.25, 0.3) is 0 Å². The molecule has 5 fully saturated rings. The van der Waals surface area contributed by atoms with E-state index in [9.17, 15) is 9.59 Å². The maximum Gasteiger partial charge on any atom is 0.146 e. The third-order valence-corrected chi connectivity index (χ3v) is 8.15. The summed E-state index contributed by atoms with van der Waals surface area (Å²) in [5.41, 5.74) is -0.514. The molecule has 2 heteroatoms. The van der Waals surface area contributed by atoms with Gasteiger partial charge in [0.2, 0.25) is 0 Å². The number of hydrogen-bond donors (Lipinski definition) is 0. The molecule has 0 spiro atoms. The molecule has 0 aromatic carbocycles. The summed E-state index contributed by atoms with van der Waals surface area (Å²) in [6.07, 6.45) is 12.2. The van der Waals surface area contributed by atoms with Crippen molar-refractivity contribution in [1.82, 2.24) is 0 Å². The lowest BCUT2D eigenvalue weighted by Gasteiger charge is -2.40. The van der Waals surface area contributed by atoms with Gasteiger partial charge in [0.05, 0.1) is 5.41 Å². The SMILES string of the molecule is O=C(CC1CCC2CC12)C1(C(=O)CC2CCC3CC23)CCC1. The highest BCUT2D eigenvalue weighted by Crippen LogP contribution is 2.59. The van der Waals surface area contributed by atoms with Gasteiger partial charge in [-0.1, -0.05) is 6.42 Å². The lowest BCUT2D eigenvalue weighted by molar-refractivity contribution is -0.148. The highest BCUT2D eigenvalue weighted by atomic mass is 16.2. The average molecular weight is 300 g/mol. The Morgan fingerprint density at radius 2 is 1.27 bits per heavy atom. The average Bonchev–Trinajstić information content (AvgIpc) is 3.33. The Balaban J connectivity index is 1.25. The minimum Gasteiger partial charge on any atom is -0.299 e. The van der Waals surface area contributed by atoms with Crippen LogP contribution in [0.2, 0.25) is 0 Å². The first kappa shape index (κ1) is 13.7. The van der Waals surface area contributed by atoms with Crippen molar-refractivity contribution in [3.05, 3.63) is 0 Å². The molecular weight excluding hydrogens is 272 g/mol. The van der Waals surface area contributed by atoms with E-state index in [1.54, 1.807) is 0 Å². The smallest absolute Gasteiger partial charge is 0.146 e. The fourth-order valence-electron chi connectivity index (χ4n) is 6.26. The predicted molar refractivity (Wildman–Crippen MR) is 84.2 cm³/mol. The maximum absolute atomic E-state index is 13.0. The lowest BCUT2D eigenvalue weighted by Crippen LogP contribution is -2.46. The molecule has 0 bridgehead atoms. The second-order valence-corrected chi connectivity index (χ2v) is 9.18. The van der Waals surface area contributed by atoms with Crippen LogP contribution in [-0.2, 0) is 9.59 Å². The zero-order valence-corrected chi connectivity index (χ0v) is 13.6. The number of Topliss-reactive ketones (excluding diaryl/α,β-unsaturated/α-hetero) is 2. The maximum atomic E-state index is 13.0. The first-order chi connectivity index (χ1) is 10.7. The fraction of sp³-hybridized carbons (Fsp3) is 0.900. The summed E-state index contributed by atoms with van der Waals surface area (Å²) in [6.45, 7) is 0. The Morgan fingerprint density at radius 1 is 0.773 bits per heavy atom. The van der Waals surface area contributed by atoms with Crippen molar-refractivity contribution in [3.8, 4) is 0 Å². The van der Waals surface area contributed by atoms with E-state index < -0.39 is 5.41 Å². The molecule has 0 heterocycles. The van der Waals surface area contributed by atoms with Crippen LogP contribution in [0.15, 0.2) is 0 Å². The van der Waals surface area contributed by atoms with E-state index >= 15 is 0 Å². The van der Waals surface area contributed by atoms with Crippen LogP contribution in [0, 0.1) is 40.9 Å². The van der Waals surface area contributed by atoms with Gasteiger partial charge in [-0.3, -0.25) is 9.59 Å². The van der Waals surface area contributed by atoms with E-state index in [0.29, 0.717) is 23.4 Å². The summed E-state index contributed by atoms with van der Waals surface area (Å²) in [4.78, 5) is 25.9. The quantitative estimate of drug-likeness (QED) is 0.690. The minimum absolute atomic E-state index is 0.339. The number of rotatable bonds is 6. The van der Waals surface area contributed by atoms with Gasteiger partial charge in [0.15, 0.2) is 0 Å². The number of hydrogen-bond acceptors (Lipinski definition) is 2. The van der Waals surface area contributed by atoms with Gasteiger partial charge in [-0.05, 0) is 86.9 Å². The van der Waals surface area contributed by atoms with Crippen molar-refractivity contribution >= 4 is 11.6 Å². The van der Waals surface area contributed by atoms with Crippen molar-refractivity contribution in [3.63, 3.8) is 0 Å². The van der Waals surface area contributed by atoms with Crippen molar-refractivity contribution in [1.29, 1.82) is 0 Å². The Bertz CT molecular complexity index is 476. The molecule has 0 N–H and O–H groups in total. The summed E-state index contributed by atoms with van der Waals surface area (Å²) in [7, 11) is 0. The molecule has 0 aromatic heterocycles. The predicted octanol–water partition coefficient (Wildman–Crippen LogP) is 4.17. The van der Waals surface area contributed by atoms with Gasteiger partial charge in [-0.2, -0.15) is 0 Å². The molecule has 6 atom stereocenters. The van der Waals surface area contributed by atoms with E-state index in [-0.39, 0.29) is 0 Å². The Kier molecular flexibility index (Phi) is 2.92. The molecule has 22 heavy (non-hydrogen) atoms. The Hall–Kier alpha value is -0.660. The molecule has 5 saturated carbocycles. The molecule has 120 valence electrons. The molecule has 6 unspecified atom stereocenters. The summed E-state index contributed by atoms with van der Waals surface area (Å²) >= 11 is 0. The number of carbonyl (C=O) groups excluding carboxylic acids is 2. The standard InChI is InChI=1S/C20H28O2/c21-18(10-14-4-2-12-8-16(12)14)20(6-1-7-20)19(22)11-15-5-3-13-9-17(13)15/h12-17H,1-11H2. The first-order valence-corrected chi connectivity index (χ1v) is 9.74. The molecule has 5 rings (SSSR count). The van der Waals surface area contributed by atoms with E-state index in [0.717, 1.165) is 55.8 Å². The summed E-state index contributed by atoms with van der Waals surface area (Å²) in [5, 5.41) is 0. The van der Waals surface area contributed by atoms with E-state index in [1.807, 2.05) is 0 Å². The largest absolute Gasteiger partial charge is 0.299 e. The van der Waals surface area contributed by atoms with Gasteiger partial charge in [-0.25, -0.2) is 0 Å². The van der Waals surface area contributed by atoms with Crippen molar-refractivity contribution < 1.29 is 9.59 Å². The van der Waals surface area contributed by atoms with E-state index in [4.69, 9.17) is 0 Å². The van der Waals surface area contributed by atoms with Crippen LogP contribution in [0.5, 0.6) is 0 Å². The van der Waals surface area contributed by atoms with E-state index in [1.165, 1.54) is 38.5 Å². The zero-order valence-electron chi connectivity index (χ0n) is 13.6. The summed E-state index contributed by atoms with van der Waals surface area (Å²) in [5.74, 6) is 5.51. The van der Waals surface area contributed by atoms with Crippen molar-refractivity contribution in [2.45, 2.75) is 70.6 Å². The number of fused-ring (bicyclic) bond motifs is 2. The molecular formula is C20H28O2. The van der Waals surface area contributed by atoms with Gasteiger partial charge < -0.3 is 0 Å². The molecule has 5 aliphatic rings. The second kappa shape index (κ2) is 4.68. The fourth-order valence-corrected chi connectivity index (χ4v) is 6.26. The normalized spacial score (nSPS) is 46.5. The highest BCUT2D eigenvalue weighted by Gasteiger charge is 2.55. The molecule has 0 aromatic rings. The van der Waals surface area contributed by atoms with Gasteiger partial charge in [-0.15, -0.1) is 0 Å². The third kappa shape index (κ3) is 1.98. The minimum atomic E-state index is -0.514. The second-order valence-electron chi connectivity index (χ2n) is 9.18. The highest BCUT2D eigenvalue weighted by molar-refractivity contribution is 6.08. The van der Waals surface area contributed by atoms with Crippen LogP contribution >= 0.6 is 0 Å². The van der Waals surface area contributed by atoms with Gasteiger partial charge >= 0.3 is 0 Å².